The Morgan fingerprint density at radius 2 is 1.82 bits per heavy atom. The van der Waals surface area contributed by atoms with Crippen molar-refractivity contribution in [3.8, 4) is 0 Å². The van der Waals surface area contributed by atoms with E-state index < -0.39 is 0 Å². The standard InChI is InChI=1S/C31H39FN2/c1-7-30(5)26-20-23(32)18-19-25(26)29-33(28(21(3)4)34(29)31(30,6)8-2)27-17-13-12-16-24(27)22-14-10-9-11-15-22/h9-10,12-14,16-21,28-29H,7-8,11,15H2,1-6H3/t28?,29?,30?,31-/m1/s1. The first-order valence-corrected chi connectivity index (χ1v) is 13.1. The van der Waals surface area contributed by atoms with Gasteiger partial charge in [-0.3, -0.25) is 4.90 Å². The van der Waals surface area contributed by atoms with Crippen LogP contribution in [0.25, 0.3) is 5.57 Å². The first kappa shape index (κ1) is 23.4. The van der Waals surface area contributed by atoms with Crippen molar-refractivity contribution in [2.75, 3.05) is 4.90 Å². The Kier molecular flexibility index (Phi) is 5.75. The van der Waals surface area contributed by atoms with E-state index >= 15 is 0 Å². The van der Waals surface area contributed by atoms with E-state index in [2.05, 4.69) is 99.9 Å². The topological polar surface area (TPSA) is 6.48 Å². The van der Waals surface area contributed by atoms with Gasteiger partial charge in [0.1, 0.15) is 12.0 Å². The van der Waals surface area contributed by atoms with Gasteiger partial charge in [-0.1, -0.05) is 77.1 Å². The summed E-state index contributed by atoms with van der Waals surface area (Å²) in [4.78, 5) is 5.41. The molecule has 0 saturated carbocycles. The molecule has 2 aliphatic heterocycles. The third-order valence-electron chi connectivity index (χ3n) is 9.28. The number of allylic oxidation sites excluding steroid dienone is 4. The minimum absolute atomic E-state index is 0.0690. The number of para-hydroxylation sites is 1. The molecule has 3 aliphatic rings. The number of halogens is 1. The third-order valence-corrected chi connectivity index (χ3v) is 9.28. The largest absolute Gasteiger partial charge is 0.335 e. The number of nitrogens with zero attached hydrogens (tertiary/aromatic N) is 2. The van der Waals surface area contributed by atoms with Gasteiger partial charge in [-0.05, 0) is 73.4 Å². The Hall–Kier alpha value is -2.39. The van der Waals surface area contributed by atoms with Gasteiger partial charge in [-0.2, -0.15) is 0 Å². The van der Waals surface area contributed by atoms with E-state index in [1.165, 1.54) is 28.0 Å². The lowest BCUT2D eigenvalue weighted by atomic mass is 9.58. The summed E-state index contributed by atoms with van der Waals surface area (Å²) < 4.78 is 14.7. The van der Waals surface area contributed by atoms with Crippen LogP contribution in [-0.2, 0) is 5.41 Å². The van der Waals surface area contributed by atoms with Gasteiger partial charge in [0.15, 0.2) is 0 Å². The van der Waals surface area contributed by atoms with Gasteiger partial charge in [0, 0.05) is 22.2 Å². The second-order valence-corrected chi connectivity index (χ2v) is 11.1. The lowest BCUT2D eigenvalue weighted by Gasteiger charge is -2.73. The van der Waals surface area contributed by atoms with Crippen molar-refractivity contribution in [2.24, 2.45) is 5.92 Å². The Labute approximate surface area is 205 Å². The summed E-state index contributed by atoms with van der Waals surface area (Å²) in [5.74, 6) is 0.328. The zero-order chi connectivity index (χ0) is 24.3. The highest BCUT2D eigenvalue weighted by molar-refractivity contribution is 5.80. The smallest absolute Gasteiger partial charge is 0.123 e. The lowest BCUT2D eigenvalue weighted by Crippen LogP contribution is -2.79. The molecule has 3 heteroatoms. The molecular formula is C31H39FN2. The fraction of sp³-hybridized carbons (Fsp3) is 0.484. The van der Waals surface area contributed by atoms with Crippen molar-refractivity contribution in [2.45, 2.75) is 90.5 Å². The van der Waals surface area contributed by atoms with Crippen molar-refractivity contribution >= 4 is 11.3 Å². The van der Waals surface area contributed by atoms with Crippen molar-refractivity contribution in [3.05, 3.63) is 83.2 Å². The first-order chi connectivity index (χ1) is 16.3. The van der Waals surface area contributed by atoms with Crippen LogP contribution in [0.2, 0.25) is 0 Å². The van der Waals surface area contributed by atoms with E-state index in [1.807, 2.05) is 6.07 Å². The Morgan fingerprint density at radius 1 is 1.06 bits per heavy atom. The SMILES string of the molecule is CCC1(C)c2cc(F)ccc2C2N(c3ccccc3C3=CC=CCC3)C(C(C)C)N2[C@]1(C)CC. The van der Waals surface area contributed by atoms with Crippen molar-refractivity contribution in [1.82, 2.24) is 4.90 Å². The average molecular weight is 459 g/mol. The monoisotopic (exact) mass is 458 g/mol. The van der Waals surface area contributed by atoms with E-state index in [0.717, 1.165) is 25.7 Å². The van der Waals surface area contributed by atoms with Crippen LogP contribution in [0.15, 0.2) is 60.7 Å². The van der Waals surface area contributed by atoms with Crippen molar-refractivity contribution in [3.63, 3.8) is 0 Å². The summed E-state index contributed by atoms with van der Waals surface area (Å²) in [6.45, 7) is 14.0. The fourth-order valence-electron chi connectivity index (χ4n) is 7.01. The van der Waals surface area contributed by atoms with Gasteiger partial charge in [0.05, 0.1) is 6.17 Å². The normalized spacial score (nSPS) is 30.6. The highest BCUT2D eigenvalue weighted by atomic mass is 19.1. The van der Waals surface area contributed by atoms with Gasteiger partial charge in [-0.25, -0.2) is 4.39 Å². The minimum Gasteiger partial charge on any atom is -0.335 e. The summed E-state index contributed by atoms with van der Waals surface area (Å²) >= 11 is 0. The molecule has 2 aromatic rings. The van der Waals surface area contributed by atoms with Gasteiger partial charge in [0.2, 0.25) is 0 Å². The van der Waals surface area contributed by atoms with Crippen LogP contribution < -0.4 is 4.90 Å². The Bertz CT molecular complexity index is 1150. The van der Waals surface area contributed by atoms with E-state index in [-0.39, 0.29) is 22.9 Å². The third kappa shape index (κ3) is 3.09. The molecule has 3 unspecified atom stereocenters. The first-order valence-electron chi connectivity index (χ1n) is 13.1. The van der Waals surface area contributed by atoms with Gasteiger partial charge in [0.25, 0.3) is 0 Å². The molecule has 180 valence electrons. The van der Waals surface area contributed by atoms with Crippen LogP contribution in [0, 0.1) is 11.7 Å². The molecule has 1 aliphatic carbocycles. The second kappa shape index (κ2) is 8.37. The molecule has 1 fully saturated rings. The molecule has 2 aromatic carbocycles. The average Bonchev–Trinajstić information content (AvgIpc) is 2.83. The van der Waals surface area contributed by atoms with Gasteiger partial charge < -0.3 is 4.90 Å². The lowest BCUT2D eigenvalue weighted by molar-refractivity contribution is -0.138. The zero-order valence-corrected chi connectivity index (χ0v) is 21.6. The minimum atomic E-state index is -0.129. The highest BCUT2D eigenvalue weighted by Crippen LogP contribution is 2.62. The van der Waals surface area contributed by atoms with Crippen LogP contribution in [0.3, 0.4) is 0 Å². The summed E-state index contributed by atoms with van der Waals surface area (Å²) in [7, 11) is 0. The maximum Gasteiger partial charge on any atom is 0.123 e. The molecule has 0 bridgehead atoms. The summed E-state index contributed by atoms with van der Waals surface area (Å²) in [5.41, 5.74) is 6.31. The molecule has 2 heterocycles. The molecule has 0 amide bonds. The van der Waals surface area contributed by atoms with Crippen molar-refractivity contribution < 1.29 is 4.39 Å². The van der Waals surface area contributed by atoms with Gasteiger partial charge in [-0.15, -0.1) is 0 Å². The highest BCUT2D eigenvalue weighted by Gasteiger charge is 2.64. The Morgan fingerprint density at radius 3 is 2.47 bits per heavy atom. The van der Waals surface area contributed by atoms with Crippen LogP contribution in [-0.4, -0.2) is 16.6 Å². The van der Waals surface area contributed by atoms with Crippen LogP contribution in [0.1, 0.15) is 90.1 Å². The Balaban J connectivity index is 1.74. The number of hydrogen-bond donors (Lipinski definition) is 0. The molecule has 0 radical (unpaired) electrons. The molecule has 0 spiro atoms. The van der Waals surface area contributed by atoms with Crippen LogP contribution in [0.5, 0.6) is 0 Å². The predicted molar refractivity (Wildman–Crippen MR) is 141 cm³/mol. The maximum atomic E-state index is 14.7. The van der Waals surface area contributed by atoms with Gasteiger partial charge >= 0.3 is 0 Å². The maximum absolute atomic E-state index is 14.7. The summed E-state index contributed by atoms with van der Waals surface area (Å²) in [6.07, 6.45) is 11.3. The predicted octanol–water partition coefficient (Wildman–Crippen LogP) is 8.21. The number of anilines is 1. The number of rotatable bonds is 5. The van der Waals surface area contributed by atoms with Crippen LogP contribution >= 0.6 is 0 Å². The molecule has 4 atom stereocenters. The quantitative estimate of drug-likeness (QED) is 0.445. The molecular weight excluding hydrogens is 419 g/mol. The van der Waals surface area contributed by atoms with E-state index in [0.29, 0.717) is 12.1 Å². The molecule has 0 aromatic heterocycles. The molecule has 5 rings (SSSR count). The fourth-order valence-corrected chi connectivity index (χ4v) is 7.01. The number of hydrogen-bond acceptors (Lipinski definition) is 2. The van der Waals surface area contributed by atoms with Crippen molar-refractivity contribution in [1.29, 1.82) is 0 Å². The second-order valence-electron chi connectivity index (χ2n) is 11.1. The van der Waals surface area contributed by atoms with E-state index in [4.69, 9.17) is 0 Å². The van der Waals surface area contributed by atoms with E-state index in [1.54, 1.807) is 6.07 Å². The molecule has 2 nitrogen and oxygen atoms in total. The number of fused-ring (bicyclic) bond motifs is 3. The summed E-state index contributed by atoms with van der Waals surface area (Å²) in [6, 6.07) is 14.4. The summed E-state index contributed by atoms with van der Waals surface area (Å²) in [5, 5.41) is 0. The molecule has 1 saturated heterocycles. The molecule has 34 heavy (non-hydrogen) atoms. The van der Waals surface area contributed by atoms with E-state index in [9.17, 15) is 4.39 Å². The van der Waals surface area contributed by atoms with Crippen LogP contribution in [0.4, 0.5) is 10.1 Å². The zero-order valence-electron chi connectivity index (χ0n) is 21.6. The number of benzene rings is 2. The molecule has 0 N–H and O–H groups in total.